The van der Waals surface area contributed by atoms with Crippen LogP contribution in [0.4, 0.5) is 0 Å². The number of rotatable bonds is 7. The summed E-state index contributed by atoms with van der Waals surface area (Å²) in [6.45, 7) is 6.97. The second-order valence-electron chi connectivity index (χ2n) is 6.07. The summed E-state index contributed by atoms with van der Waals surface area (Å²) in [5.41, 5.74) is 3.41. The Kier molecular flexibility index (Phi) is 6.16. The van der Waals surface area contributed by atoms with Crippen molar-refractivity contribution in [3.8, 4) is 5.75 Å². The lowest BCUT2D eigenvalue weighted by Gasteiger charge is -2.06. The van der Waals surface area contributed by atoms with Crippen LogP contribution in [0.3, 0.4) is 0 Å². The monoisotopic (exact) mass is 308 g/mol. The van der Waals surface area contributed by atoms with Gasteiger partial charge in [0.1, 0.15) is 18.6 Å². The van der Waals surface area contributed by atoms with Gasteiger partial charge in [-0.1, -0.05) is 35.4 Å². The van der Waals surface area contributed by atoms with Gasteiger partial charge in [-0.15, -0.1) is 0 Å². The highest BCUT2D eigenvalue weighted by molar-refractivity contribution is 5.89. The van der Waals surface area contributed by atoms with E-state index >= 15 is 0 Å². The number of fused-ring (bicyclic) bond motifs is 1. The summed E-state index contributed by atoms with van der Waals surface area (Å²) in [6, 6.07) is 11.6. The molecular weight excluding hydrogens is 284 g/mol. The van der Waals surface area contributed by atoms with Gasteiger partial charge in [0.25, 0.3) is 0 Å². The van der Waals surface area contributed by atoms with Gasteiger partial charge in [-0.3, -0.25) is 4.79 Å². The molecule has 23 heavy (non-hydrogen) atoms. The Labute approximate surface area is 138 Å². The molecule has 2 aromatic rings. The van der Waals surface area contributed by atoms with E-state index in [2.05, 4.69) is 32.9 Å². The normalized spacial score (nSPS) is 11.3. The van der Waals surface area contributed by atoms with E-state index in [1.165, 1.54) is 11.1 Å². The predicted molar refractivity (Wildman–Crippen MR) is 97.3 cm³/mol. The summed E-state index contributed by atoms with van der Waals surface area (Å²) < 4.78 is 5.81. The molecule has 0 bridgehead atoms. The number of benzene rings is 2. The van der Waals surface area contributed by atoms with E-state index in [0.717, 1.165) is 35.6 Å². The quantitative estimate of drug-likeness (QED) is 0.482. The number of hydrogen-bond donors (Lipinski definition) is 0. The summed E-state index contributed by atoms with van der Waals surface area (Å²) in [7, 11) is 0. The molecule has 0 aliphatic rings. The third kappa shape index (κ3) is 5.41. The number of ether oxygens (including phenoxy) is 1. The van der Waals surface area contributed by atoms with Crippen LogP contribution in [0.5, 0.6) is 5.75 Å². The summed E-state index contributed by atoms with van der Waals surface area (Å²) in [6.07, 6.45) is 7.42. The molecule has 0 aliphatic carbocycles. The van der Waals surface area contributed by atoms with E-state index in [4.69, 9.17) is 4.74 Å². The van der Waals surface area contributed by atoms with Crippen molar-refractivity contribution in [2.45, 2.75) is 33.6 Å². The maximum Gasteiger partial charge on any atom is 0.150 e. The van der Waals surface area contributed by atoms with Crippen LogP contribution in [0.2, 0.25) is 0 Å². The molecular formula is C21H24O2. The van der Waals surface area contributed by atoms with E-state index in [-0.39, 0.29) is 0 Å². The van der Waals surface area contributed by atoms with Gasteiger partial charge in [0, 0.05) is 5.56 Å². The molecule has 0 fully saturated rings. The van der Waals surface area contributed by atoms with Crippen molar-refractivity contribution in [1.82, 2.24) is 0 Å². The highest BCUT2D eigenvalue weighted by Crippen LogP contribution is 2.22. The molecule has 2 rings (SSSR count). The van der Waals surface area contributed by atoms with E-state index in [1.54, 1.807) is 0 Å². The number of hydrogen-bond acceptors (Lipinski definition) is 2. The molecule has 2 aromatic carbocycles. The van der Waals surface area contributed by atoms with Crippen LogP contribution in [0.25, 0.3) is 10.8 Å². The fourth-order valence-electron chi connectivity index (χ4n) is 2.38. The van der Waals surface area contributed by atoms with E-state index in [9.17, 15) is 4.79 Å². The van der Waals surface area contributed by atoms with E-state index in [0.29, 0.717) is 12.2 Å². The molecule has 0 aromatic heterocycles. The van der Waals surface area contributed by atoms with Crippen molar-refractivity contribution in [2.75, 3.05) is 6.61 Å². The van der Waals surface area contributed by atoms with Crippen molar-refractivity contribution in [2.24, 2.45) is 0 Å². The maximum atomic E-state index is 10.8. The lowest BCUT2D eigenvalue weighted by molar-refractivity contribution is 0.112. The largest absolute Gasteiger partial charge is 0.490 e. The highest BCUT2D eigenvalue weighted by atomic mass is 16.5. The Bertz CT molecular complexity index is 735. The zero-order valence-electron chi connectivity index (χ0n) is 14.1. The third-order valence-corrected chi connectivity index (χ3v) is 3.74. The van der Waals surface area contributed by atoms with Crippen LogP contribution in [-0.2, 0) is 0 Å². The summed E-state index contributed by atoms with van der Waals surface area (Å²) in [5, 5.41) is 2.13. The van der Waals surface area contributed by atoms with E-state index < -0.39 is 0 Å². The van der Waals surface area contributed by atoms with Crippen LogP contribution in [0.15, 0.2) is 59.7 Å². The molecule has 0 aliphatic heterocycles. The van der Waals surface area contributed by atoms with Gasteiger partial charge >= 0.3 is 0 Å². The molecule has 0 N–H and O–H groups in total. The molecule has 0 radical (unpaired) electrons. The molecule has 2 heteroatoms. The number of aldehydes is 1. The van der Waals surface area contributed by atoms with Gasteiger partial charge in [-0.05, 0) is 68.7 Å². The second-order valence-corrected chi connectivity index (χ2v) is 6.07. The van der Waals surface area contributed by atoms with Gasteiger partial charge in [0.2, 0.25) is 0 Å². The molecule has 0 atom stereocenters. The molecule has 0 heterocycles. The molecule has 0 unspecified atom stereocenters. The number of carbonyl (C=O) groups excluding carboxylic acids is 1. The summed E-state index contributed by atoms with van der Waals surface area (Å²) >= 11 is 0. The first-order chi connectivity index (χ1) is 11.1. The van der Waals surface area contributed by atoms with Gasteiger partial charge in [-0.25, -0.2) is 0 Å². The minimum atomic E-state index is 0.582. The van der Waals surface area contributed by atoms with Gasteiger partial charge < -0.3 is 4.74 Å². The first kappa shape index (κ1) is 17.0. The molecule has 2 nitrogen and oxygen atoms in total. The lowest BCUT2D eigenvalue weighted by Crippen LogP contribution is -1.95. The Morgan fingerprint density at radius 2 is 1.74 bits per heavy atom. The van der Waals surface area contributed by atoms with E-state index in [1.807, 2.05) is 36.4 Å². The van der Waals surface area contributed by atoms with Crippen molar-refractivity contribution >= 4 is 17.1 Å². The van der Waals surface area contributed by atoms with Crippen LogP contribution in [0, 0.1) is 0 Å². The standard InChI is InChI=1S/C21H24O2/c1-16(2)5-4-6-17(3)11-12-23-21-10-9-19-13-18(15-22)7-8-20(19)14-21/h5,7-11,13-15H,4,6,12H2,1-3H3/b17-11+. The molecule has 120 valence electrons. The average Bonchev–Trinajstić information content (AvgIpc) is 2.54. The number of allylic oxidation sites excluding steroid dienone is 3. The first-order valence-corrected chi connectivity index (χ1v) is 7.99. The average molecular weight is 308 g/mol. The van der Waals surface area contributed by atoms with Crippen molar-refractivity contribution in [1.29, 1.82) is 0 Å². The molecule has 0 saturated carbocycles. The summed E-state index contributed by atoms with van der Waals surface area (Å²) in [4.78, 5) is 10.8. The smallest absolute Gasteiger partial charge is 0.150 e. The zero-order chi connectivity index (χ0) is 16.7. The topological polar surface area (TPSA) is 26.3 Å². The molecule has 0 amide bonds. The van der Waals surface area contributed by atoms with Crippen molar-refractivity contribution in [3.05, 3.63) is 65.3 Å². The second kappa shape index (κ2) is 8.33. The van der Waals surface area contributed by atoms with Crippen LogP contribution in [0.1, 0.15) is 44.0 Å². The Morgan fingerprint density at radius 3 is 2.48 bits per heavy atom. The fourth-order valence-corrected chi connectivity index (χ4v) is 2.38. The van der Waals surface area contributed by atoms with Crippen molar-refractivity contribution < 1.29 is 9.53 Å². The lowest BCUT2D eigenvalue weighted by atomic mass is 10.1. The third-order valence-electron chi connectivity index (χ3n) is 3.74. The van der Waals surface area contributed by atoms with Crippen molar-refractivity contribution in [3.63, 3.8) is 0 Å². The molecule has 0 saturated heterocycles. The molecule has 0 spiro atoms. The maximum absolute atomic E-state index is 10.8. The van der Waals surface area contributed by atoms with Gasteiger partial charge in [0.15, 0.2) is 0 Å². The van der Waals surface area contributed by atoms with Crippen LogP contribution < -0.4 is 4.74 Å². The Morgan fingerprint density at radius 1 is 1.00 bits per heavy atom. The van der Waals surface area contributed by atoms with Crippen LogP contribution in [-0.4, -0.2) is 12.9 Å². The SMILES string of the molecule is CC(C)=CCC/C(C)=C/COc1ccc2cc(C=O)ccc2c1. The van der Waals surface area contributed by atoms with Gasteiger partial charge in [0.05, 0.1) is 0 Å². The minimum Gasteiger partial charge on any atom is -0.490 e. The zero-order valence-corrected chi connectivity index (χ0v) is 14.1. The fraction of sp³-hybridized carbons (Fsp3) is 0.286. The predicted octanol–water partition coefficient (Wildman–Crippen LogP) is 5.72. The minimum absolute atomic E-state index is 0.582. The Hall–Kier alpha value is -2.35. The highest BCUT2D eigenvalue weighted by Gasteiger charge is 1.99. The summed E-state index contributed by atoms with van der Waals surface area (Å²) in [5.74, 6) is 0.852. The van der Waals surface area contributed by atoms with Gasteiger partial charge in [-0.2, -0.15) is 0 Å². The number of carbonyl (C=O) groups is 1. The Balaban J connectivity index is 1.94. The first-order valence-electron chi connectivity index (χ1n) is 7.99. The van der Waals surface area contributed by atoms with Crippen LogP contribution >= 0.6 is 0 Å².